The van der Waals surface area contributed by atoms with Crippen LogP contribution in [0, 0.1) is 26.2 Å². The van der Waals surface area contributed by atoms with Crippen LogP contribution in [-0.2, 0) is 14.8 Å². The molecule has 2 saturated heterocycles. The summed E-state index contributed by atoms with van der Waals surface area (Å²) in [5.74, 6) is -0.0735. The van der Waals surface area contributed by atoms with E-state index in [1.165, 1.54) is 4.31 Å². The van der Waals surface area contributed by atoms with Crippen LogP contribution in [0.15, 0.2) is 17.0 Å². The predicted molar refractivity (Wildman–Crippen MR) is 113 cm³/mol. The second-order valence-electron chi connectivity index (χ2n) is 8.53. The molecule has 2 aliphatic rings. The van der Waals surface area contributed by atoms with Crippen molar-refractivity contribution in [2.75, 3.05) is 26.2 Å². The zero-order valence-electron chi connectivity index (χ0n) is 17.2. The number of amides is 1. The molecule has 0 saturated carbocycles. The summed E-state index contributed by atoms with van der Waals surface area (Å²) < 4.78 is 28.3. The number of hydrogen-bond acceptors (Lipinski definition) is 4. The largest absolute Gasteiger partial charge is 0.341 e. The Morgan fingerprint density at radius 1 is 1.21 bits per heavy atom. The number of aryl methyl sites for hydroxylation is 3. The fourth-order valence-electron chi connectivity index (χ4n) is 4.55. The molecule has 0 radical (unpaired) electrons. The summed E-state index contributed by atoms with van der Waals surface area (Å²) in [6.45, 7) is 9.89. The van der Waals surface area contributed by atoms with Crippen molar-refractivity contribution in [3.05, 3.63) is 28.8 Å². The molecule has 1 aromatic carbocycles. The van der Waals surface area contributed by atoms with Gasteiger partial charge in [-0.3, -0.25) is 4.79 Å². The number of halogens is 1. The summed E-state index contributed by atoms with van der Waals surface area (Å²) in [5.41, 5.74) is 8.31. The highest BCUT2D eigenvalue weighted by Gasteiger charge is 2.44. The van der Waals surface area contributed by atoms with Gasteiger partial charge in [-0.25, -0.2) is 8.42 Å². The lowest BCUT2D eigenvalue weighted by Gasteiger charge is -2.29. The van der Waals surface area contributed by atoms with E-state index in [2.05, 4.69) is 6.92 Å². The van der Waals surface area contributed by atoms with Crippen molar-refractivity contribution in [1.82, 2.24) is 9.21 Å². The number of nitrogens with zero attached hydrogens (tertiary/aromatic N) is 2. The molecule has 8 heteroatoms. The molecule has 6 nitrogen and oxygen atoms in total. The minimum absolute atomic E-state index is 0. The molecule has 0 aromatic heterocycles. The van der Waals surface area contributed by atoms with Gasteiger partial charge < -0.3 is 10.6 Å². The number of benzene rings is 1. The minimum Gasteiger partial charge on any atom is -0.341 e. The second-order valence-corrected chi connectivity index (χ2v) is 10.4. The normalized spacial score (nSPS) is 25.8. The van der Waals surface area contributed by atoms with E-state index in [4.69, 9.17) is 5.73 Å². The lowest BCUT2D eigenvalue weighted by Crippen LogP contribution is -2.48. The number of sulfonamides is 1. The molecule has 2 aliphatic heterocycles. The average molecular weight is 430 g/mol. The van der Waals surface area contributed by atoms with Crippen LogP contribution in [0.5, 0.6) is 0 Å². The van der Waals surface area contributed by atoms with E-state index in [0.29, 0.717) is 43.9 Å². The number of carbonyl (C=O) groups is 1. The molecule has 0 aliphatic carbocycles. The van der Waals surface area contributed by atoms with Gasteiger partial charge in [0, 0.05) is 19.6 Å². The lowest BCUT2D eigenvalue weighted by molar-refractivity contribution is -0.133. The van der Waals surface area contributed by atoms with Crippen LogP contribution in [0.4, 0.5) is 0 Å². The smallest absolute Gasteiger partial charge is 0.244 e. The molecular weight excluding hydrogens is 398 g/mol. The minimum atomic E-state index is -3.71. The molecule has 0 bridgehead atoms. The third kappa shape index (κ3) is 4.08. The fourth-order valence-corrected chi connectivity index (χ4v) is 6.62. The summed E-state index contributed by atoms with van der Waals surface area (Å²) >= 11 is 0. The molecule has 158 valence electrons. The molecule has 28 heavy (non-hydrogen) atoms. The fraction of sp³-hybridized carbons (Fsp3) is 0.650. The van der Waals surface area contributed by atoms with Crippen LogP contribution in [0.3, 0.4) is 0 Å². The first-order valence-corrected chi connectivity index (χ1v) is 11.1. The Balaban J connectivity index is 0.00000280. The Morgan fingerprint density at radius 3 is 2.36 bits per heavy atom. The van der Waals surface area contributed by atoms with Crippen LogP contribution >= 0.6 is 12.4 Å². The molecule has 2 fully saturated rings. The van der Waals surface area contributed by atoms with Crippen molar-refractivity contribution in [3.8, 4) is 0 Å². The quantitative estimate of drug-likeness (QED) is 0.796. The maximum atomic E-state index is 13.4. The van der Waals surface area contributed by atoms with Crippen molar-refractivity contribution in [3.63, 3.8) is 0 Å². The number of nitrogens with two attached hydrogens (primary N) is 1. The van der Waals surface area contributed by atoms with Gasteiger partial charge in [0.1, 0.15) is 6.04 Å². The Kier molecular flexibility index (Phi) is 6.86. The summed E-state index contributed by atoms with van der Waals surface area (Å²) in [5, 5.41) is 0. The van der Waals surface area contributed by atoms with Gasteiger partial charge in [-0.05, 0) is 63.1 Å². The van der Waals surface area contributed by atoms with E-state index in [1.807, 2.05) is 32.9 Å². The van der Waals surface area contributed by atoms with Gasteiger partial charge in [-0.2, -0.15) is 4.31 Å². The highest BCUT2D eigenvalue weighted by Crippen LogP contribution is 2.34. The van der Waals surface area contributed by atoms with Gasteiger partial charge in [0.05, 0.1) is 4.90 Å². The second kappa shape index (κ2) is 8.30. The van der Waals surface area contributed by atoms with E-state index in [0.717, 1.165) is 23.1 Å². The number of likely N-dealkylation sites (tertiary alicyclic amines) is 1. The monoisotopic (exact) mass is 429 g/mol. The van der Waals surface area contributed by atoms with Gasteiger partial charge in [0.15, 0.2) is 0 Å². The van der Waals surface area contributed by atoms with Crippen LogP contribution < -0.4 is 5.73 Å². The van der Waals surface area contributed by atoms with Crippen molar-refractivity contribution < 1.29 is 13.2 Å². The van der Waals surface area contributed by atoms with E-state index in [1.54, 1.807) is 4.90 Å². The molecule has 2 N–H and O–H groups in total. The van der Waals surface area contributed by atoms with Gasteiger partial charge in [0.2, 0.25) is 15.9 Å². The Morgan fingerprint density at radius 2 is 1.82 bits per heavy atom. The Bertz CT molecular complexity index is 835. The van der Waals surface area contributed by atoms with Crippen LogP contribution in [0.1, 0.15) is 42.9 Å². The summed E-state index contributed by atoms with van der Waals surface area (Å²) in [4.78, 5) is 15.3. The van der Waals surface area contributed by atoms with E-state index >= 15 is 0 Å². The van der Waals surface area contributed by atoms with Crippen molar-refractivity contribution in [2.24, 2.45) is 11.1 Å². The standard InChI is InChI=1S/C20H31N3O3S.ClH/c1-14-10-15(2)18(16(3)11-14)27(25,26)23-8-5-6-17(23)19(24)22-9-7-20(4,12-21)13-22;/h10-11,17H,5-9,12-13,21H2,1-4H3;1H. The maximum Gasteiger partial charge on any atom is 0.244 e. The van der Waals surface area contributed by atoms with Gasteiger partial charge >= 0.3 is 0 Å². The summed E-state index contributed by atoms with van der Waals surface area (Å²) in [7, 11) is -3.71. The summed E-state index contributed by atoms with van der Waals surface area (Å²) in [6, 6.07) is 3.18. The van der Waals surface area contributed by atoms with E-state index < -0.39 is 16.1 Å². The Labute approximate surface area is 174 Å². The molecule has 1 amide bonds. The van der Waals surface area contributed by atoms with E-state index in [9.17, 15) is 13.2 Å². The molecule has 1 aromatic rings. The van der Waals surface area contributed by atoms with E-state index in [-0.39, 0.29) is 23.7 Å². The van der Waals surface area contributed by atoms with Crippen LogP contribution in [0.25, 0.3) is 0 Å². The van der Waals surface area contributed by atoms with Gasteiger partial charge in [-0.1, -0.05) is 24.6 Å². The average Bonchev–Trinajstić information content (AvgIpc) is 3.21. The summed E-state index contributed by atoms with van der Waals surface area (Å²) in [6.07, 6.45) is 2.16. The molecule has 3 rings (SSSR count). The topological polar surface area (TPSA) is 83.7 Å². The zero-order valence-corrected chi connectivity index (χ0v) is 18.8. The lowest BCUT2D eigenvalue weighted by atomic mass is 9.90. The van der Waals surface area contributed by atoms with Crippen molar-refractivity contribution >= 4 is 28.3 Å². The first-order valence-electron chi connectivity index (χ1n) is 9.68. The molecule has 2 heterocycles. The molecular formula is C20H32ClN3O3S. The van der Waals surface area contributed by atoms with Crippen LogP contribution in [-0.4, -0.2) is 55.8 Å². The third-order valence-corrected chi connectivity index (χ3v) is 8.24. The molecule has 2 atom stereocenters. The van der Waals surface area contributed by atoms with Crippen molar-refractivity contribution in [2.45, 2.75) is 57.9 Å². The Hall–Kier alpha value is -1.15. The van der Waals surface area contributed by atoms with Gasteiger partial charge in [-0.15, -0.1) is 12.4 Å². The predicted octanol–water partition coefficient (Wildman–Crippen LogP) is 2.38. The first kappa shape index (κ1) is 23.1. The third-order valence-electron chi connectivity index (χ3n) is 6.02. The van der Waals surface area contributed by atoms with Gasteiger partial charge in [0.25, 0.3) is 0 Å². The SMILES string of the molecule is Cc1cc(C)c(S(=O)(=O)N2CCCC2C(=O)N2CCC(C)(CN)C2)c(C)c1.Cl. The number of carbonyl (C=O) groups excluding carboxylic acids is 1. The molecule has 0 spiro atoms. The number of rotatable bonds is 4. The zero-order chi connectivity index (χ0) is 20.0. The van der Waals surface area contributed by atoms with Crippen molar-refractivity contribution in [1.29, 1.82) is 0 Å². The number of hydrogen-bond donors (Lipinski definition) is 1. The van der Waals surface area contributed by atoms with Crippen LogP contribution in [0.2, 0.25) is 0 Å². The highest BCUT2D eigenvalue weighted by atomic mass is 35.5. The molecule has 2 unspecified atom stereocenters. The first-order chi connectivity index (χ1) is 12.6. The maximum absolute atomic E-state index is 13.4. The highest BCUT2D eigenvalue weighted by molar-refractivity contribution is 7.89.